The molecule has 6 rings (SSSR count). The van der Waals surface area contributed by atoms with Crippen molar-refractivity contribution >= 4 is 45.5 Å². The highest BCUT2D eigenvalue weighted by Crippen LogP contribution is 2.63. The zero-order valence-corrected chi connectivity index (χ0v) is 33.8. The Bertz CT molecular complexity index is 1600. The van der Waals surface area contributed by atoms with Gasteiger partial charge in [0.05, 0.1) is 37.0 Å². The fourth-order valence-electron chi connectivity index (χ4n) is 8.94. The Labute approximate surface area is 323 Å². The number of nitrogens with zero attached hydrogens (tertiary/aromatic N) is 1. The summed E-state index contributed by atoms with van der Waals surface area (Å²) < 4.78 is 36.3. The molecule has 0 bridgehead atoms. The summed E-state index contributed by atoms with van der Waals surface area (Å²) in [7, 11) is 4.95. The van der Waals surface area contributed by atoms with Crippen molar-refractivity contribution in [2.24, 2.45) is 23.7 Å². The summed E-state index contributed by atoms with van der Waals surface area (Å²) in [4.78, 5) is 34.5. The monoisotopic (exact) mass is 772 g/mol. The number of Topliss-reactive ketones (excluding diaryl/α,β-unsaturated/α-hetero) is 1. The largest absolute Gasteiger partial charge is 0.462 e. The molecule has 1 aliphatic heterocycles. The summed E-state index contributed by atoms with van der Waals surface area (Å²) in [5.41, 5.74) is 2.59. The number of cyclic esters (lactones) is 1. The van der Waals surface area contributed by atoms with Crippen LogP contribution in [0.4, 0.5) is 10.8 Å². The van der Waals surface area contributed by atoms with Crippen molar-refractivity contribution in [1.29, 1.82) is 0 Å². The van der Waals surface area contributed by atoms with E-state index in [9.17, 15) is 9.59 Å². The fourth-order valence-corrected chi connectivity index (χ4v) is 10.4. The van der Waals surface area contributed by atoms with Crippen molar-refractivity contribution in [3.63, 3.8) is 0 Å². The zero-order chi connectivity index (χ0) is 37.8. The Morgan fingerprint density at radius 1 is 1.06 bits per heavy atom. The van der Waals surface area contributed by atoms with E-state index < -0.39 is 12.4 Å². The number of ether oxygens (including phenoxy) is 6. The van der Waals surface area contributed by atoms with Gasteiger partial charge < -0.3 is 33.7 Å². The van der Waals surface area contributed by atoms with Gasteiger partial charge in [-0.05, 0) is 88.0 Å². The molecule has 5 unspecified atom stereocenters. The Balaban J connectivity index is 1.37. The second kappa shape index (κ2) is 18.0. The van der Waals surface area contributed by atoms with Gasteiger partial charge in [-0.1, -0.05) is 44.0 Å². The number of carbonyl (C=O) groups excluding carboxylic acids is 2. The number of nitrogens with one attached hydrogen (secondary N) is 1. The van der Waals surface area contributed by atoms with Crippen LogP contribution in [0.2, 0.25) is 5.02 Å². The Kier molecular flexibility index (Phi) is 13.7. The number of fused-ring (bicyclic) bond motifs is 8. The van der Waals surface area contributed by atoms with E-state index >= 15 is 0 Å². The molecular formula is C41H57ClN2O8S. The molecule has 3 aliphatic carbocycles. The standard InChI is InChI=1S/C41H57ClN2O8S/c1-8-27-15-10-9-12-22(2)38(46)32-19-30-29-17-28(52-40(34(49-7)21-47-5)50-24(4)23(3)48-6)18-33(29)39-37(36(30)31(32)20-35(45)51-27)44-41(53-39)43-26-14-11-13-25(42)16-26/h11,13-14,16,19,22-24,27-31,33-34,36,40H,8-10,12,15,17-18,20-21H2,1-7H3,(H,43,44)/t22-,23-,24?,27+,28+,29+,30?,31-,33?,34+,36?,40?/m1/s1. The molecular weight excluding hydrogens is 716 g/mol. The van der Waals surface area contributed by atoms with Crippen LogP contribution in [0.3, 0.4) is 0 Å². The zero-order valence-electron chi connectivity index (χ0n) is 32.2. The van der Waals surface area contributed by atoms with Crippen molar-refractivity contribution < 1.29 is 38.0 Å². The molecule has 2 fully saturated rings. The number of rotatable bonds is 13. The number of carbonyl (C=O) groups is 2. The summed E-state index contributed by atoms with van der Waals surface area (Å²) in [6.45, 7) is 8.36. The first-order chi connectivity index (χ1) is 25.5. The number of aromatic nitrogens is 1. The lowest BCUT2D eigenvalue weighted by molar-refractivity contribution is -0.255. The lowest BCUT2D eigenvalue weighted by Gasteiger charge is -2.37. The molecule has 1 aromatic carbocycles. The normalized spacial score (nSPS) is 31.1. The van der Waals surface area contributed by atoms with Gasteiger partial charge in [-0.3, -0.25) is 9.59 Å². The highest BCUT2D eigenvalue weighted by atomic mass is 35.5. The molecule has 10 nitrogen and oxygen atoms in total. The van der Waals surface area contributed by atoms with Crippen LogP contribution < -0.4 is 5.32 Å². The molecule has 292 valence electrons. The maximum absolute atomic E-state index is 14.3. The summed E-state index contributed by atoms with van der Waals surface area (Å²) in [5, 5.41) is 4.90. The lowest BCUT2D eigenvalue weighted by atomic mass is 9.67. The van der Waals surface area contributed by atoms with Gasteiger partial charge in [0.1, 0.15) is 12.2 Å². The molecule has 12 atom stereocenters. The highest BCUT2D eigenvalue weighted by molar-refractivity contribution is 7.15. The van der Waals surface area contributed by atoms with E-state index in [1.54, 1.807) is 32.7 Å². The van der Waals surface area contributed by atoms with E-state index in [2.05, 4.69) is 18.3 Å². The number of hydrogen-bond acceptors (Lipinski definition) is 11. The van der Waals surface area contributed by atoms with Crippen molar-refractivity contribution in [1.82, 2.24) is 4.98 Å². The van der Waals surface area contributed by atoms with Gasteiger partial charge in [0.25, 0.3) is 0 Å². The number of hydrogen-bond donors (Lipinski definition) is 1. The average molecular weight is 773 g/mol. The van der Waals surface area contributed by atoms with E-state index in [0.29, 0.717) is 11.6 Å². The molecule has 1 aromatic heterocycles. The van der Waals surface area contributed by atoms with E-state index in [1.807, 2.05) is 45.0 Å². The molecule has 0 spiro atoms. The summed E-state index contributed by atoms with van der Waals surface area (Å²) in [6, 6.07) is 7.61. The predicted molar refractivity (Wildman–Crippen MR) is 206 cm³/mol. The highest BCUT2D eigenvalue weighted by Gasteiger charge is 2.56. The third-order valence-corrected chi connectivity index (χ3v) is 13.4. The molecule has 1 saturated heterocycles. The van der Waals surface area contributed by atoms with Crippen molar-refractivity contribution in [2.45, 2.75) is 128 Å². The quantitative estimate of drug-likeness (QED) is 0.157. The molecule has 1 N–H and O–H groups in total. The van der Waals surface area contributed by atoms with Crippen LogP contribution in [0.15, 0.2) is 35.9 Å². The van der Waals surface area contributed by atoms with Crippen molar-refractivity contribution in [3.05, 3.63) is 51.5 Å². The van der Waals surface area contributed by atoms with Crippen molar-refractivity contribution in [3.8, 4) is 0 Å². The number of ketones is 1. The fraction of sp³-hybridized carbons (Fsp3) is 0.683. The SMILES string of the molecule is CC[C@H]1CCCC[C@@H](C)C(=O)C2=CC3C(c4nc(Nc5cccc(Cl)c5)sc4C4C[C@@H](OC(OC(C)[C@@H](C)OC)[C@H](COC)OC)C[C@H]43)[C@@H]2CC(=O)O1. The molecule has 1 saturated carbocycles. The number of methoxy groups -OCH3 is 3. The Morgan fingerprint density at radius 3 is 2.57 bits per heavy atom. The number of allylic oxidation sites excluding steroid dienone is 2. The van der Waals surface area contributed by atoms with Gasteiger partial charge in [-0.25, -0.2) is 4.98 Å². The number of anilines is 2. The summed E-state index contributed by atoms with van der Waals surface area (Å²) in [6.07, 6.45) is 6.40. The minimum absolute atomic E-state index is 0.0160. The van der Waals surface area contributed by atoms with Crippen LogP contribution in [0, 0.1) is 23.7 Å². The Hall–Kier alpha value is -2.38. The van der Waals surface area contributed by atoms with E-state index in [1.165, 1.54) is 4.88 Å². The van der Waals surface area contributed by atoms with Crippen LogP contribution in [0.25, 0.3) is 0 Å². The number of halogens is 1. The van der Waals surface area contributed by atoms with Crippen LogP contribution in [0.5, 0.6) is 0 Å². The molecule has 0 amide bonds. The smallest absolute Gasteiger partial charge is 0.306 e. The number of thiazole rings is 1. The van der Waals surface area contributed by atoms with Gasteiger partial charge in [0, 0.05) is 60.6 Å². The minimum Gasteiger partial charge on any atom is -0.462 e. The maximum Gasteiger partial charge on any atom is 0.306 e. The molecule has 2 aromatic rings. The summed E-state index contributed by atoms with van der Waals surface area (Å²) in [5.74, 6) is -0.312. The third-order valence-electron chi connectivity index (χ3n) is 12.0. The van der Waals surface area contributed by atoms with Crippen LogP contribution in [-0.4, -0.2) is 81.5 Å². The molecule has 0 radical (unpaired) electrons. The third kappa shape index (κ3) is 9.03. The second-order valence-electron chi connectivity index (χ2n) is 15.4. The summed E-state index contributed by atoms with van der Waals surface area (Å²) >= 11 is 8.00. The predicted octanol–water partition coefficient (Wildman–Crippen LogP) is 8.61. The Morgan fingerprint density at radius 2 is 1.85 bits per heavy atom. The lowest BCUT2D eigenvalue weighted by Crippen LogP contribution is -2.43. The van der Waals surface area contributed by atoms with Gasteiger partial charge in [0.2, 0.25) is 0 Å². The number of benzene rings is 1. The first-order valence-electron chi connectivity index (χ1n) is 19.4. The first kappa shape index (κ1) is 40.3. The van der Waals surface area contributed by atoms with Gasteiger partial charge in [-0.15, -0.1) is 11.3 Å². The molecule has 4 aliphatic rings. The molecule has 2 heterocycles. The van der Waals surface area contributed by atoms with E-state index in [0.717, 1.165) is 67.0 Å². The van der Waals surface area contributed by atoms with Crippen LogP contribution in [-0.2, 0) is 38.0 Å². The second-order valence-corrected chi connectivity index (χ2v) is 16.9. The average Bonchev–Trinajstić information content (AvgIpc) is 3.85. The van der Waals surface area contributed by atoms with Crippen LogP contribution in [0.1, 0.15) is 101 Å². The molecule has 12 heteroatoms. The van der Waals surface area contributed by atoms with Gasteiger partial charge in [0.15, 0.2) is 17.2 Å². The van der Waals surface area contributed by atoms with E-state index in [4.69, 9.17) is 45.0 Å². The van der Waals surface area contributed by atoms with Gasteiger partial charge >= 0.3 is 5.97 Å². The van der Waals surface area contributed by atoms with Crippen molar-refractivity contribution in [2.75, 3.05) is 33.3 Å². The maximum atomic E-state index is 14.3. The van der Waals surface area contributed by atoms with Gasteiger partial charge in [-0.2, -0.15) is 0 Å². The van der Waals surface area contributed by atoms with E-state index in [-0.39, 0.29) is 78.1 Å². The number of esters is 1. The van der Waals surface area contributed by atoms with Crippen LogP contribution >= 0.6 is 22.9 Å². The topological polar surface area (TPSA) is 114 Å². The first-order valence-corrected chi connectivity index (χ1v) is 20.6. The molecule has 53 heavy (non-hydrogen) atoms. The minimum atomic E-state index is -0.685.